The summed E-state index contributed by atoms with van der Waals surface area (Å²) in [6, 6.07) is 9.27. The van der Waals surface area contributed by atoms with Crippen molar-refractivity contribution in [2.75, 3.05) is 18.5 Å². The Balaban J connectivity index is 0.00000176. The first-order valence-corrected chi connectivity index (χ1v) is 7.65. The van der Waals surface area contributed by atoms with Gasteiger partial charge in [0.1, 0.15) is 11.9 Å². The van der Waals surface area contributed by atoms with Crippen molar-refractivity contribution in [2.24, 2.45) is 0 Å². The van der Waals surface area contributed by atoms with E-state index in [1.165, 1.54) is 0 Å². The predicted octanol–water partition coefficient (Wildman–Crippen LogP) is 2.73. The molecule has 0 radical (unpaired) electrons. The molecule has 5 nitrogen and oxygen atoms in total. The predicted molar refractivity (Wildman–Crippen MR) is 92.5 cm³/mol. The fourth-order valence-electron chi connectivity index (χ4n) is 2.41. The van der Waals surface area contributed by atoms with Crippen LogP contribution < -0.4 is 10.6 Å². The molecular weight excluding hydrogens is 370 g/mol. The SMILES string of the molecule is C[C@H]1OCCN[C@@H]1C(=O)Nc1ccc2cccc(Br)c2n1.Cl. The lowest BCUT2D eigenvalue weighted by molar-refractivity contribution is -0.123. The van der Waals surface area contributed by atoms with E-state index in [2.05, 4.69) is 31.5 Å². The number of rotatable bonds is 2. The van der Waals surface area contributed by atoms with E-state index in [4.69, 9.17) is 4.74 Å². The molecule has 2 heterocycles. The van der Waals surface area contributed by atoms with Gasteiger partial charge in [0.2, 0.25) is 5.91 Å². The van der Waals surface area contributed by atoms with E-state index in [0.717, 1.165) is 15.4 Å². The number of carbonyl (C=O) groups excluding carboxylic acids is 1. The number of hydrogen-bond donors (Lipinski definition) is 2. The summed E-state index contributed by atoms with van der Waals surface area (Å²) in [4.78, 5) is 16.8. The number of pyridine rings is 1. The number of morpholine rings is 1. The van der Waals surface area contributed by atoms with E-state index in [9.17, 15) is 4.79 Å². The molecule has 1 saturated heterocycles. The maximum atomic E-state index is 12.3. The van der Waals surface area contributed by atoms with Crippen LogP contribution in [0.5, 0.6) is 0 Å². The summed E-state index contributed by atoms with van der Waals surface area (Å²) in [5, 5.41) is 7.03. The topological polar surface area (TPSA) is 63.2 Å². The zero-order chi connectivity index (χ0) is 14.8. The van der Waals surface area contributed by atoms with E-state index in [-0.39, 0.29) is 30.5 Å². The van der Waals surface area contributed by atoms with Crippen LogP contribution in [-0.4, -0.2) is 36.2 Å². The molecule has 1 aromatic heterocycles. The van der Waals surface area contributed by atoms with Gasteiger partial charge in [-0.3, -0.25) is 4.79 Å². The van der Waals surface area contributed by atoms with Crippen molar-refractivity contribution in [3.8, 4) is 0 Å². The third-order valence-corrected chi connectivity index (χ3v) is 4.16. The summed E-state index contributed by atoms with van der Waals surface area (Å²) < 4.78 is 6.39. The number of nitrogens with zero attached hydrogens (tertiary/aromatic N) is 1. The van der Waals surface area contributed by atoms with Crippen LogP contribution in [0, 0.1) is 0 Å². The minimum atomic E-state index is -0.351. The Hall–Kier alpha value is -1.21. The molecule has 0 unspecified atom stereocenters. The third kappa shape index (κ3) is 3.57. The van der Waals surface area contributed by atoms with Crippen molar-refractivity contribution in [1.29, 1.82) is 0 Å². The summed E-state index contributed by atoms with van der Waals surface area (Å²) in [7, 11) is 0. The largest absolute Gasteiger partial charge is 0.375 e. The molecule has 118 valence electrons. The number of aromatic nitrogens is 1. The second-order valence-corrected chi connectivity index (χ2v) is 5.86. The van der Waals surface area contributed by atoms with Crippen molar-refractivity contribution in [3.05, 3.63) is 34.8 Å². The molecule has 7 heteroatoms. The molecule has 1 aliphatic heterocycles. The van der Waals surface area contributed by atoms with Gasteiger partial charge in [0, 0.05) is 16.4 Å². The highest BCUT2D eigenvalue weighted by Gasteiger charge is 2.28. The number of para-hydroxylation sites is 1. The zero-order valence-electron chi connectivity index (χ0n) is 12.0. The lowest BCUT2D eigenvalue weighted by Crippen LogP contribution is -2.53. The van der Waals surface area contributed by atoms with Gasteiger partial charge >= 0.3 is 0 Å². The van der Waals surface area contributed by atoms with Crippen LogP contribution in [0.3, 0.4) is 0 Å². The second-order valence-electron chi connectivity index (χ2n) is 5.01. The van der Waals surface area contributed by atoms with Crippen LogP contribution in [-0.2, 0) is 9.53 Å². The third-order valence-electron chi connectivity index (χ3n) is 3.52. The Morgan fingerprint density at radius 3 is 3.00 bits per heavy atom. The molecule has 0 aliphatic carbocycles. The molecule has 0 spiro atoms. The fraction of sp³-hybridized carbons (Fsp3) is 0.333. The summed E-state index contributed by atoms with van der Waals surface area (Å²) in [6.45, 7) is 3.20. The number of hydrogen-bond acceptors (Lipinski definition) is 4. The molecule has 2 aromatic rings. The van der Waals surface area contributed by atoms with Gasteiger partial charge < -0.3 is 15.4 Å². The molecule has 1 fully saturated rings. The normalized spacial score (nSPS) is 21.2. The van der Waals surface area contributed by atoms with E-state index in [1.807, 2.05) is 31.2 Å². The lowest BCUT2D eigenvalue weighted by atomic mass is 10.1. The number of carbonyl (C=O) groups is 1. The van der Waals surface area contributed by atoms with Crippen LogP contribution in [0.4, 0.5) is 5.82 Å². The average Bonchev–Trinajstić information content (AvgIpc) is 2.48. The van der Waals surface area contributed by atoms with Gasteiger partial charge in [0.25, 0.3) is 0 Å². The van der Waals surface area contributed by atoms with Crippen LogP contribution in [0.25, 0.3) is 10.9 Å². The van der Waals surface area contributed by atoms with Crippen molar-refractivity contribution in [2.45, 2.75) is 19.1 Å². The zero-order valence-corrected chi connectivity index (χ0v) is 14.4. The number of benzene rings is 1. The van der Waals surface area contributed by atoms with E-state index in [0.29, 0.717) is 19.0 Å². The molecule has 1 aromatic carbocycles. The molecule has 2 N–H and O–H groups in total. The lowest BCUT2D eigenvalue weighted by Gasteiger charge is -2.29. The number of fused-ring (bicyclic) bond motifs is 1. The van der Waals surface area contributed by atoms with Crippen molar-refractivity contribution in [3.63, 3.8) is 0 Å². The van der Waals surface area contributed by atoms with Gasteiger partial charge in [-0.2, -0.15) is 0 Å². The van der Waals surface area contributed by atoms with Crippen LogP contribution in [0.2, 0.25) is 0 Å². The molecule has 0 saturated carbocycles. The Labute approximate surface area is 143 Å². The monoisotopic (exact) mass is 385 g/mol. The minimum Gasteiger partial charge on any atom is -0.375 e. The van der Waals surface area contributed by atoms with Gasteiger partial charge in [-0.05, 0) is 41.1 Å². The van der Waals surface area contributed by atoms with Crippen molar-refractivity contribution < 1.29 is 9.53 Å². The first kappa shape index (κ1) is 17.1. The Morgan fingerprint density at radius 1 is 1.41 bits per heavy atom. The number of anilines is 1. The highest BCUT2D eigenvalue weighted by molar-refractivity contribution is 9.10. The van der Waals surface area contributed by atoms with Crippen molar-refractivity contribution >= 4 is 51.0 Å². The van der Waals surface area contributed by atoms with E-state index < -0.39 is 0 Å². The Kier molecular flexibility index (Phi) is 5.74. The summed E-state index contributed by atoms with van der Waals surface area (Å²) in [5.41, 5.74) is 0.830. The molecule has 0 bridgehead atoms. The van der Waals surface area contributed by atoms with Gasteiger partial charge in [-0.25, -0.2) is 4.98 Å². The first-order valence-electron chi connectivity index (χ1n) is 6.86. The van der Waals surface area contributed by atoms with E-state index in [1.54, 1.807) is 6.07 Å². The molecule has 1 amide bonds. The maximum Gasteiger partial charge on any atom is 0.245 e. The minimum absolute atomic E-state index is 0. The van der Waals surface area contributed by atoms with Gasteiger partial charge in [-0.1, -0.05) is 12.1 Å². The molecule has 1 aliphatic rings. The first-order chi connectivity index (χ1) is 10.1. The number of halogens is 2. The number of amides is 1. The van der Waals surface area contributed by atoms with E-state index >= 15 is 0 Å². The smallest absolute Gasteiger partial charge is 0.245 e. The number of ether oxygens (including phenoxy) is 1. The maximum absolute atomic E-state index is 12.3. The standard InChI is InChI=1S/C15H16BrN3O2.ClH/c1-9-13(17-7-8-21-9)15(20)19-12-6-5-10-3-2-4-11(16)14(10)18-12;/h2-6,9,13,17H,7-8H2,1H3,(H,18,19,20);1H/t9-,13+;/m1./s1. The molecular formula is C15H17BrClN3O2. The van der Waals surface area contributed by atoms with Crippen LogP contribution >= 0.6 is 28.3 Å². The van der Waals surface area contributed by atoms with Gasteiger partial charge in [-0.15, -0.1) is 12.4 Å². The highest BCUT2D eigenvalue weighted by Crippen LogP contribution is 2.23. The summed E-state index contributed by atoms with van der Waals surface area (Å²) >= 11 is 3.48. The molecule has 22 heavy (non-hydrogen) atoms. The summed E-state index contributed by atoms with van der Waals surface area (Å²) in [6.07, 6.45) is -0.147. The number of nitrogens with one attached hydrogen (secondary N) is 2. The van der Waals surface area contributed by atoms with Gasteiger partial charge in [0.15, 0.2) is 0 Å². The Bertz CT molecular complexity index is 683. The quantitative estimate of drug-likeness (QED) is 0.833. The highest BCUT2D eigenvalue weighted by atomic mass is 79.9. The van der Waals surface area contributed by atoms with Crippen LogP contribution in [0.1, 0.15) is 6.92 Å². The Morgan fingerprint density at radius 2 is 2.23 bits per heavy atom. The average molecular weight is 387 g/mol. The fourth-order valence-corrected chi connectivity index (χ4v) is 2.88. The van der Waals surface area contributed by atoms with Crippen molar-refractivity contribution in [1.82, 2.24) is 10.3 Å². The van der Waals surface area contributed by atoms with Crippen LogP contribution in [0.15, 0.2) is 34.8 Å². The summed E-state index contributed by atoms with van der Waals surface area (Å²) in [5.74, 6) is 0.417. The second kappa shape index (κ2) is 7.37. The molecule has 2 atom stereocenters. The van der Waals surface area contributed by atoms with Gasteiger partial charge in [0.05, 0.1) is 18.2 Å². The molecule has 3 rings (SSSR count).